The molecule has 10 nitrogen and oxygen atoms in total. The minimum Gasteiger partial charge on any atom is -0.480 e. The average molecular weight is 502 g/mol. The lowest BCUT2D eigenvalue weighted by molar-refractivity contribution is 0.344. The van der Waals surface area contributed by atoms with Gasteiger partial charge in [0.05, 0.1) is 18.8 Å². The van der Waals surface area contributed by atoms with Crippen molar-refractivity contribution in [2.24, 2.45) is 10.7 Å². The molecular formula is C23H28FN7O3S. The van der Waals surface area contributed by atoms with E-state index in [1.165, 1.54) is 26.4 Å². The zero-order valence-corrected chi connectivity index (χ0v) is 20.8. The maximum atomic E-state index is 15.4. The van der Waals surface area contributed by atoms with Gasteiger partial charge < -0.3 is 15.8 Å². The summed E-state index contributed by atoms with van der Waals surface area (Å²) in [5.74, 6) is 0.0384. The highest BCUT2D eigenvalue weighted by Gasteiger charge is 2.51. The third-order valence-electron chi connectivity index (χ3n) is 6.39. The third-order valence-corrected chi connectivity index (χ3v) is 8.63. The zero-order valence-electron chi connectivity index (χ0n) is 20.0. The van der Waals surface area contributed by atoms with E-state index in [1.807, 2.05) is 6.92 Å². The number of sulfonamides is 1. The molecule has 2 aromatic heterocycles. The lowest BCUT2D eigenvalue weighted by atomic mass is 9.82. The molecule has 35 heavy (non-hydrogen) atoms. The van der Waals surface area contributed by atoms with Crippen molar-refractivity contribution >= 4 is 38.5 Å². The Hall–Kier alpha value is -3.54. The topological polar surface area (TPSA) is 136 Å². The number of nitrogens with zero attached hydrogens (tertiary/aromatic N) is 5. The lowest BCUT2D eigenvalue weighted by Gasteiger charge is -2.42. The summed E-state index contributed by atoms with van der Waals surface area (Å²) in [7, 11) is -0.995. The largest absolute Gasteiger partial charge is 0.480 e. The number of hydrogen-bond donors (Lipinski definition) is 2. The molecule has 4 rings (SSSR count). The van der Waals surface area contributed by atoms with Crippen molar-refractivity contribution in [3.63, 3.8) is 0 Å². The number of aromatic nitrogens is 3. The third kappa shape index (κ3) is 4.22. The second kappa shape index (κ2) is 9.25. The predicted octanol–water partition coefficient (Wildman–Crippen LogP) is 3.28. The molecule has 0 saturated heterocycles. The summed E-state index contributed by atoms with van der Waals surface area (Å²) in [4.78, 5) is 17.7. The molecule has 0 radical (unpaired) electrons. The molecule has 0 spiro atoms. The molecule has 0 unspecified atom stereocenters. The van der Waals surface area contributed by atoms with Gasteiger partial charge >= 0.3 is 0 Å². The van der Waals surface area contributed by atoms with Crippen molar-refractivity contribution in [1.29, 1.82) is 0 Å². The van der Waals surface area contributed by atoms with Gasteiger partial charge in [-0.15, -0.1) is 0 Å². The maximum Gasteiger partial charge on any atom is 0.242 e. The van der Waals surface area contributed by atoms with Crippen LogP contribution in [-0.2, 0) is 15.6 Å². The van der Waals surface area contributed by atoms with Gasteiger partial charge in [-0.05, 0) is 37.6 Å². The van der Waals surface area contributed by atoms with Gasteiger partial charge in [-0.25, -0.2) is 37.1 Å². The molecule has 3 N–H and O–H groups in total. The summed E-state index contributed by atoms with van der Waals surface area (Å²) >= 11 is 0. The Morgan fingerprint density at radius 3 is 2.77 bits per heavy atom. The molecule has 3 heterocycles. The number of anilines is 2. The van der Waals surface area contributed by atoms with Gasteiger partial charge in [-0.1, -0.05) is 19.8 Å². The molecule has 2 atom stereocenters. The van der Waals surface area contributed by atoms with Gasteiger partial charge in [0.25, 0.3) is 0 Å². The van der Waals surface area contributed by atoms with Crippen LogP contribution in [0, 0.1) is 5.82 Å². The van der Waals surface area contributed by atoms with E-state index in [0.717, 1.165) is 10.7 Å². The number of rotatable bonds is 7. The van der Waals surface area contributed by atoms with Crippen LogP contribution >= 0.6 is 0 Å². The van der Waals surface area contributed by atoms with Gasteiger partial charge in [0, 0.05) is 24.5 Å². The SMILES string of the molecule is CCCC[C@]1(c2cc(Nc3nccc4nc(OC)cnc34)ccc2F)N=C(N)N(C)S(=O)(=O)[C@@H]1C. The molecule has 0 fully saturated rings. The van der Waals surface area contributed by atoms with E-state index in [4.69, 9.17) is 10.5 Å². The normalized spacial score (nSPS) is 21.6. The van der Waals surface area contributed by atoms with Gasteiger partial charge in [0.1, 0.15) is 22.1 Å². The molecule has 12 heteroatoms. The quantitative estimate of drug-likeness (QED) is 0.503. The van der Waals surface area contributed by atoms with Crippen LogP contribution in [0.5, 0.6) is 5.88 Å². The van der Waals surface area contributed by atoms with Gasteiger partial charge in [0.15, 0.2) is 5.82 Å². The number of nitrogens with one attached hydrogen (secondary N) is 1. The monoisotopic (exact) mass is 501 g/mol. The highest BCUT2D eigenvalue weighted by Crippen LogP contribution is 2.44. The second-order valence-corrected chi connectivity index (χ2v) is 10.7. The van der Waals surface area contributed by atoms with Crippen molar-refractivity contribution in [1.82, 2.24) is 19.3 Å². The van der Waals surface area contributed by atoms with Crippen molar-refractivity contribution in [3.05, 3.63) is 48.0 Å². The van der Waals surface area contributed by atoms with Crippen molar-refractivity contribution in [3.8, 4) is 5.88 Å². The van der Waals surface area contributed by atoms with Crippen molar-refractivity contribution < 1.29 is 17.5 Å². The number of guanidine groups is 1. The Morgan fingerprint density at radius 1 is 1.29 bits per heavy atom. The van der Waals surface area contributed by atoms with E-state index in [1.54, 1.807) is 31.3 Å². The number of benzene rings is 1. The fraction of sp³-hybridized carbons (Fsp3) is 0.391. The number of fused-ring (bicyclic) bond motifs is 1. The molecule has 1 aromatic carbocycles. The Balaban J connectivity index is 1.83. The summed E-state index contributed by atoms with van der Waals surface area (Å²) in [6.45, 7) is 3.53. The number of ether oxygens (including phenoxy) is 1. The van der Waals surface area contributed by atoms with E-state index < -0.39 is 26.6 Å². The van der Waals surface area contributed by atoms with Gasteiger partial charge in [0.2, 0.25) is 21.9 Å². The summed E-state index contributed by atoms with van der Waals surface area (Å²) in [6.07, 6.45) is 4.79. The summed E-state index contributed by atoms with van der Waals surface area (Å²) in [5.41, 5.74) is 6.34. The van der Waals surface area contributed by atoms with E-state index in [2.05, 4.69) is 25.3 Å². The second-order valence-electron chi connectivity index (χ2n) is 8.41. The van der Waals surface area contributed by atoms with Crippen molar-refractivity contribution in [2.75, 3.05) is 19.5 Å². The Labute approximate surface area is 203 Å². The Bertz CT molecular complexity index is 1400. The molecule has 1 aliphatic heterocycles. The fourth-order valence-corrected chi connectivity index (χ4v) is 5.86. The number of hydrogen-bond acceptors (Lipinski definition) is 9. The number of pyridine rings is 1. The zero-order chi connectivity index (χ0) is 25.4. The maximum absolute atomic E-state index is 15.4. The molecule has 0 aliphatic carbocycles. The first-order chi connectivity index (χ1) is 16.6. The van der Waals surface area contributed by atoms with Crippen LogP contribution in [-0.4, -0.2) is 53.0 Å². The smallest absolute Gasteiger partial charge is 0.242 e. The number of aliphatic imine (C=N–C) groups is 1. The van der Waals surface area contributed by atoms with Crippen LogP contribution < -0.4 is 15.8 Å². The highest BCUT2D eigenvalue weighted by atomic mass is 32.2. The summed E-state index contributed by atoms with van der Waals surface area (Å²) < 4.78 is 47.7. The van der Waals surface area contributed by atoms with Crippen molar-refractivity contribution in [2.45, 2.75) is 43.9 Å². The fourth-order valence-electron chi connectivity index (χ4n) is 4.29. The minimum absolute atomic E-state index is 0.149. The number of nitrogens with two attached hydrogens (primary N) is 1. The first-order valence-electron chi connectivity index (χ1n) is 11.2. The molecule has 0 amide bonds. The van der Waals surface area contributed by atoms with Gasteiger partial charge in [-0.3, -0.25) is 0 Å². The average Bonchev–Trinajstić information content (AvgIpc) is 2.85. The first kappa shape index (κ1) is 24.6. The predicted molar refractivity (Wildman–Crippen MR) is 133 cm³/mol. The van der Waals surface area contributed by atoms with Crippen LogP contribution in [0.3, 0.4) is 0 Å². The molecule has 3 aromatic rings. The minimum atomic E-state index is -3.85. The molecule has 0 bridgehead atoms. The number of methoxy groups -OCH3 is 1. The van der Waals surface area contributed by atoms with Gasteiger partial charge in [-0.2, -0.15) is 0 Å². The van der Waals surface area contributed by atoms with Crippen LogP contribution in [0.15, 0.2) is 41.7 Å². The van der Waals surface area contributed by atoms with Crippen LogP contribution in [0.25, 0.3) is 11.0 Å². The molecular weight excluding hydrogens is 473 g/mol. The molecule has 0 saturated carbocycles. The van der Waals surface area contributed by atoms with E-state index in [0.29, 0.717) is 41.3 Å². The van der Waals surface area contributed by atoms with E-state index in [-0.39, 0.29) is 11.5 Å². The van der Waals surface area contributed by atoms with E-state index in [9.17, 15) is 8.42 Å². The van der Waals surface area contributed by atoms with Crippen LogP contribution in [0.1, 0.15) is 38.7 Å². The number of unbranched alkanes of at least 4 members (excludes halogenated alkanes) is 1. The Morgan fingerprint density at radius 2 is 2.06 bits per heavy atom. The highest BCUT2D eigenvalue weighted by molar-refractivity contribution is 7.90. The first-order valence-corrected chi connectivity index (χ1v) is 12.7. The van der Waals surface area contributed by atoms with Crippen LogP contribution in [0.2, 0.25) is 0 Å². The molecule has 1 aliphatic rings. The summed E-state index contributed by atoms with van der Waals surface area (Å²) in [6, 6.07) is 6.10. The molecule has 186 valence electrons. The number of halogens is 1. The summed E-state index contributed by atoms with van der Waals surface area (Å²) in [5, 5.41) is 2.13. The van der Waals surface area contributed by atoms with E-state index >= 15 is 4.39 Å². The standard InChI is InChI=1S/C23H28FN7O3S/c1-5-6-10-23(14(2)35(32,33)31(3)22(25)30-23)16-12-15(7-8-17(16)24)28-21-20-18(9-11-26-21)29-19(34-4)13-27-20/h7-9,11-14H,5-6,10H2,1-4H3,(H2,25,30)(H,26,28)/t14-,23+/m1/s1. The Kier molecular flexibility index (Phi) is 6.50. The van der Waals surface area contributed by atoms with Crippen LogP contribution in [0.4, 0.5) is 15.9 Å². The lowest BCUT2D eigenvalue weighted by Crippen LogP contribution is -2.56.